The predicted molar refractivity (Wildman–Crippen MR) is 66.5 cm³/mol. The second-order valence-electron chi connectivity index (χ2n) is 2.88. The van der Waals surface area contributed by atoms with Gasteiger partial charge in [-0.05, 0) is 30.5 Å². The summed E-state index contributed by atoms with van der Waals surface area (Å²) in [5.74, 6) is 0. The highest BCUT2D eigenvalue weighted by Gasteiger charge is 1.94. The molecule has 0 amide bonds. The molecule has 1 rings (SSSR count). The maximum atomic E-state index is 3.64. The predicted octanol–water partition coefficient (Wildman–Crippen LogP) is 4.53. The first kappa shape index (κ1) is 12.7. The molecule has 0 atom stereocenters. The fourth-order valence-electron chi connectivity index (χ4n) is 1.13. The minimum Gasteiger partial charge on any atom is -0.0991 e. The van der Waals surface area contributed by atoms with E-state index < -0.39 is 0 Å². The van der Waals surface area contributed by atoms with Crippen molar-refractivity contribution in [2.24, 2.45) is 0 Å². The van der Waals surface area contributed by atoms with Crippen molar-refractivity contribution in [3.05, 3.63) is 53.6 Å². The molecule has 1 aromatic carbocycles. The molecule has 0 saturated carbocycles. The number of benzene rings is 1. The van der Waals surface area contributed by atoms with Gasteiger partial charge in [-0.2, -0.15) is 0 Å². The monoisotopic (exact) mass is 188 g/mol. The molecular formula is C14H20. The minimum atomic E-state index is 1.27. The zero-order valence-corrected chi connectivity index (χ0v) is 9.67. The molecule has 0 heterocycles. The van der Waals surface area contributed by atoms with Crippen LogP contribution >= 0.6 is 0 Å². The molecule has 0 aliphatic heterocycles. The van der Waals surface area contributed by atoms with E-state index in [2.05, 4.69) is 44.7 Å². The highest BCUT2D eigenvalue weighted by Crippen LogP contribution is 2.13. The molecule has 0 heteroatoms. The maximum absolute atomic E-state index is 3.64. The summed E-state index contributed by atoms with van der Waals surface area (Å²) < 4.78 is 0. The third-order valence-electron chi connectivity index (χ3n) is 2.06. The number of hydrogen-bond acceptors (Lipinski definition) is 0. The standard InChI is InChI=1S/C12H14.C2H6/c1-4-5-8-12-9-6-7-10(2)11(12)3;1-2/h4-9H,1H2,2-3H3;1-2H3/b8-5-;. The Morgan fingerprint density at radius 1 is 1.14 bits per heavy atom. The number of allylic oxidation sites excluding steroid dienone is 2. The van der Waals surface area contributed by atoms with Crippen molar-refractivity contribution < 1.29 is 0 Å². The second kappa shape index (κ2) is 7.14. The van der Waals surface area contributed by atoms with E-state index in [-0.39, 0.29) is 0 Å². The van der Waals surface area contributed by atoms with E-state index in [0.29, 0.717) is 0 Å². The van der Waals surface area contributed by atoms with Crippen molar-refractivity contribution in [1.29, 1.82) is 0 Å². The van der Waals surface area contributed by atoms with E-state index in [1.54, 1.807) is 6.08 Å². The lowest BCUT2D eigenvalue weighted by Crippen LogP contribution is -1.83. The molecule has 0 aliphatic carbocycles. The van der Waals surface area contributed by atoms with Crippen LogP contribution in [-0.2, 0) is 0 Å². The van der Waals surface area contributed by atoms with Gasteiger partial charge >= 0.3 is 0 Å². The SMILES string of the molecule is C=C/C=C\c1cccc(C)c1C.CC. The van der Waals surface area contributed by atoms with Gasteiger partial charge in [-0.1, -0.05) is 56.9 Å². The van der Waals surface area contributed by atoms with Gasteiger partial charge in [0, 0.05) is 0 Å². The highest BCUT2D eigenvalue weighted by molar-refractivity contribution is 5.56. The van der Waals surface area contributed by atoms with Crippen molar-refractivity contribution in [3.8, 4) is 0 Å². The van der Waals surface area contributed by atoms with Gasteiger partial charge in [0.1, 0.15) is 0 Å². The van der Waals surface area contributed by atoms with Crippen molar-refractivity contribution in [2.45, 2.75) is 27.7 Å². The summed E-state index contributed by atoms with van der Waals surface area (Å²) in [5.41, 5.74) is 3.95. The van der Waals surface area contributed by atoms with Crippen LogP contribution in [0.25, 0.3) is 6.08 Å². The summed E-state index contributed by atoms with van der Waals surface area (Å²) in [4.78, 5) is 0. The van der Waals surface area contributed by atoms with E-state index in [1.807, 2.05) is 19.9 Å². The molecule has 76 valence electrons. The smallest absolute Gasteiger partial charge is 0.0225 e. The molecule has 0 radical (unpaired) electrons. The fraction of sp³-hybridized carbons (Fsp3) is 0.286. The highest BCUT2D eigenvalue weighted by atomic mass is 14.0. The van der Waals surface area contributed by atoms with Crippen molar-refractivity contribution in [2.75, 3.05) is 0 Å². The van der Waals surface area contributed by atoms with E-state index >= 15 is 0 Å². The first-order valence-electron chi connectivity index (χ1n) is 5.11. The largest absolute Gasteiger partial charge is 0.0991 e. The Bertz CT molecular complexity index is 306. The lowest BCUT2D eigenvalue weighted by atomic mass is 10.0. The molecule has 1 aromatic rings. The van der Waals surface area contributed by atoms with Gasteiger partial charge in [0.2, 0.25) is 0 Å². The topological polar surface area (TPSA) is 0 Å². The van der Waals surface area contributed by atoms with Crippen LogP contribution in [0.4, 0.5) is 0 Å². The van der Waals surface area contributed by atoms with Gasteiger partial charge in [-0.3, -0.25) is 0 Å². The summed E-state index contributed by atoms with van der Waals surface area (Å²) in [6, 6.07) is 6.31. The first-order valence-corrected chi connectivity index (χ1v) is 5.11. The number of hydrogen-bond donors (Lipinski definition) is 0. The molecule has 0 unspecified atom stereocenters. The Labute approximate surface area is 88.0 Å². The van der Waals surface area contributed by atoms with E-state index in [9.17, 15) is 0 Å². The zero-order valence-electron chi connectivity index (χ0n) is 9.67. The second-order valence-corrected chi connectivity index (χ2v) is 2.88. The molecule has 0 bridgehead atoms. The average molecular weight is 188 g/mol. The van der Waals surface area contributed by atoms with Gasteiger partial charge in [-0.25, -0.2) is 0 Å². The first-order chi connectivity index (χ1) is 6.75. The molecule has 0 spiro atoms. The summed E-state index contributed by atoms with van der Waals surface area (Å²) in [5, 5.41) is 0. The van der Waals surface area contributed by atoms with Crippen LogP contribution in [0.1, 0.15) is 30.5 Å². The third-order valence-corrected chi connectivity index (χ3v) is 2.06. The lowest BCUT2D eigenvalue weighted by molar-refractivity contribution is 1.33. The van der Waals surface area contributed by atoms with Gasteiger partial charge in [0.05, 0.1) is 0 Å². The minimum absolute atomic E-state index is 1.27. The van der Waals surface area contributed by atoms with Crippen LogP contribution in [0, 0.1) is 13.8 Å². The molecule has 0 saturated heterocycles. The summed E-state index contributed by atoms with van der Waals surface area (Å²) in [7, 11) is 0. The van der Waals surface area contributed by atoms with Crippen LogP contribution in [-0.4, -0.2) is 0 Å². The molecular weight excluding hydrogens is 168 g/mol. The molecule has 0 aliphatic rings. The lowest BCUT2D eigenvalue weighted by Gasteiger charge is -2.02. The normalized spacial score (nSPS) is 9.43. The van der Waals surface area contributed by atoms with Crippen molar-refractivity contribution in [3.63, 3.8) is 0 Å². The van der Waals surface area contributed by atoms with Crippen LogP contribution < -0.4 is 0 Å². The molecule has 0 fully saturated rings. The average Bonchev–Trinajstić information content (AvgIpc) is 2.23. The fourth-order valence-corrected chi connectivity index (χ4v) is 1.13. The van der Waals surface area contributed by atoms with Gasteiger partial charge in [0.15, 0.2) is 0 Å². The van der Waals surface area contributed by atoms with Gasteiger partial charge in [0.25, 0.3) is 0 Å². The molecule has 0 aromatic heterocycles. The molecule has 0 N–H and O–H groups in total. The van der Waals surface area contributed by atoms with E-state index in [0.717, 1.165) is 0 Å². The van der Waals surface area contributed by atoms with E-state index in [4.69, 9.17) is 0 Å². The summed E-state index contributed by atoms with van der Waals surface area (Å²) in [6.45, 7) is 11.9. The molecule has 0 nitrogen and oxygen atoms in total. The van der Waals surface area contributed by atoms with Crippen molar-refractivity contribution >= 4 is 6.08 Å². The van der Waals surface area contributed by atoms with Crippen molar-refractivity contribution in [1.82, 2.24) is 0 Å². The number of aryl methyl sites for hydroxylation is 1. The maximum Gasteiger partial charge on any atom is -0.0225 e. The summed E-state index contributed by atoms with van der Waals surface area (Å²) >= 11 is 0. The zero-order chi connectivity index (χ0) is 11.0. The Kier molecular flexibility index (Phi) is 6.47. The van der Waals surface area contributed by atoms with Crippen LogP contribution in [0.2, 0.25) is 0 Å². The van der Waals surface area contributed by atoms with Crippen LogP contribution in [0.15, 0.2) is 36.9 Å². The quantitative estimate of drug-likeness (QED) is 0.598. The number of rotatable bonds is 2. The van der Waals surface area contributed by atoms with Crippen LogP contribution in [0.3, 0.4) is 0 Å². The third kappa shape index (κ3) is 3.61. The Morgan fingerprint density at radius 2 is 1.79 bits per heavy atom. The van der Waals surface area contributed by atoms with Crippen LogP contribution in [0.5, 0.6) is 0 Å². The van der Waals surface area contributed by atoms with E-state index in [1.165, 1.54) is 16.7 Å². The Balaban J connectivity index is 0.000000791. The van der Waals surface area contributed by atoms with Gasteiger partial charge < -0.3 is 0 Å². The molecule has 14 heavy (non-hydrogen) atoms. The Morgan fingerprint density at radius 3 is 2.36 bits per heavy atom. The summed E-state index contributed by atoms with van der Waals surface area (Å²) in [6.07, 6.45) is 5.83. The van der Waals surface area contributed by atoms with Gasteiger partial charge in [-0.15, -0.1) is 0 Å². The Hall–Kier alpha value is -1.30.